The van der Waals surface area contributed by atoms with Crippen LogP contribution in [0.5, 0.6) is 0 Å². The van der Waals surface area contributed by atoms with Crippen LogP contribution in [0.4, 0.5) is 0 Å². The zero-order valence-electron chi connectivity index (χ0n) is 5.77. The molecule has 0 aliphatic rings. The van der Waals surface area contributed by atoms with Crippen LogP contribution in [-0.4, -0.2) is 18.7 Å². The number of aromatic nitrogens is 4. The summed E-state index contributed by atoms with van der Waals surface area (Å²) in [5.41, 5.74) is 0. The lowest BCUT2D eigenvalue weighted by Gasteiger charge is -1.84. The van der Waals surface area contributed by atoms with E-state index in [0.29, 0.717) is 0 Å². The first-order chi connectivity index (χ1) is 6.24. The molecule has 0 saturated carbocycles. The van der Waals surface area contributed by atoms with Crippen LogP contribution < -0.4 is 0 Å². The third-order valence-corrected chi connectivity index (χ3v) is 3.98. The monoisotopic (exact) mass is 270 g/mol. The van der Waals surface area contributed by atoms with E-state index >= 15 is 0 Å². The van der Waals surface area contributed by atoms with Gasteiger partial charge in [0.05, 0.1) is 0 Å². The Labute approximate surface area is 95.7 Å². The van der Waals surface area contributed by atoms with Crippen LogP contribution >= 0.6 is 58.0 Å². The van der Waals surface area contributed by atoms with Crippen molar-refractivity contribution in [2.75, 3.05) is 0 Å². The van der Waals surface area contributed by atoms with E-state index in [-0.39, 0.29) is 10.6 Å². The van der Waals surface area contributed by atoms with Gasteiger partial charge < -0.3 is 0 Å². The number of hydrogen-bond acceptors (Lipinski definition) is 7. The Hall–Kier alpha value is 0.0500. The van der Waals surface area contributed by atoms with Crippen LogP contribution in [0.1, 0.15) is 0 Å². The predicted molar refractivity (Wildman–Crippen MR) is 54.0 cm³/mol. The molecule has 4 nitrogen and oxygen atoms in total. The fourth-order valence-electron chi connectivity index (χ4n) is 0.543. The molecule has 0 spiro atoms. The highest BCUT2D eigenvalue weighted by Gasteiger charge is 2.08. The van der Waals surface area contributed by atoms with Gasteiger partial charge in [0.25, 0.3) is 0 Å². The van der Waals surface area contributed by atoms with Gasteiger partial charge in [-0.3, -0.25) is 0 Å². The summed E-state index contributed by atoms with van der Waals surface area (Å²) in [6.45, 7) is 0. The molecule has 0 radical (unpaired) electrons. The Morgan fingerprint density at radius 3 is 1.69 bits per heavy atom. The third kappa shape index (κ3) is 2.50. The maximum Gasteiger partial charge on any atom is 0.235 e. The van der Waals surface area contributed by atoms with Crippen LogP contribution in [-0.2, 0) is 0 Å². The molecule has 0 unspecified atom stereocenters. The van der Waals surface area contributed by atoms with Crippen molar-refractivity contribution in [1.29, 1.82) is 0 Å². The van der Waals surface area contributed by atoms with E-state index in [1.165, 1.54) is 34.8 Å². The minimum atomic E-state index is 0.253. The lowest BCUT2D eigenvalue weighted by molar-refractivity contribution is 1.18. The summed E-state index contributed by atoms with van der Waals surface area (Å²) in [6.07, 6.45) is 0. The average Bonchev–Trinajstić information content (AvgIpc) is 2.62. The first kappa shape index (κ1) is 9.60. The summed E-state index contributed by atoms with van der Waals surface area (Å²) in [7, 11) is 0. The van der Waals surface area contributed by atoms with E-state index in [9.17, 15) is 0 Å². The van der Waals surface area contributed by atoms with Gasteiger partial charge in [-0.1, -0.05) is 0 Å². The van der Waals surface area contributed by atoms with E-state index in [0.717, 1.165) is 8.68 Å². The van der Waals surface area contributed by atoms with Crippen molar-refractivity contribution in [2.45, 2.75) is 8.68 Å². The number of hydrogen-bond donors (Lipinski definition) is 0. The fourth-order valence-corrected chi connectivity index (χ4v) is 3.33. The number of nitrogens with zero attached hydrogens (tertiary/aromatic N) is 4. The van der Waals surface area contributed by atoms with Crippen molar-refractivity contribution in [3.05, 3.63) is 10.6 Å². The molecule has 0 bridgehead atoms. The topological polar surface area (TPSA) is 51.6 Å². The molecule has 68 valence electrons. The first-order valence-electron chi connectivity index (χ1n) is 2.90. The Kier molecular flexibility index (Phi) is 2.99. The summed E-state index contributed by atoms with van der Waals surface area (Å²) in [6, 6.07) is 0. The van der Waals surface area contributed by atoms with Crippen molar-refractivity contribution in [3.63, 3.8) is 0 Å². The van der Waals surface area contributed by atoms with Gasteiger partial charge in [0.15, 0.2) is 8.68 Å². The van der Waals surface area contributed by atoms with Gasteiger partial charge in [-0.05, 0) is 58.0 Å². The zero-order chi connectivity index (χ0) is 9.26. The molecule has 0 atom stereocenters. The highest BCUT2D eigenvalue weighted by molar-refractivity contribution is 8.02. The van der Waals surface area contributed by atoms with Crippen molar-refractivity contribution in [3.8, 4) is 0 Å². The summed E-state index contributed by atoms with van der Waals surface area (Å²) < 4.78 is 9.10. The van der Waals surface area contributed by atoms with Gasteiger partial charge >= 0.3 is 0 Å². The van der Waals surface area contributed by atoms with E-state index in [1.54, 1.807) is 0 Å². The molecule has 2 aromatic heterocycles. The molecular weight excluding hydrogens is 271 g/mol. The quantitative estimate of drug-likeness (QED) is 0.840. The second-order valence-electron chi connectivity index (χ2n) is 1.76. The highest BCUT2D eigenvalue weighted by atomic mass is 35.5. The average molecular weight is 271 g/mol. The standard InChI is InChI=1S/C4Cl2N4S3/c5-1-7-3(12-9-1)11-4-8-2(6)10-13-4. The maximum absolute atomic E-state index is 5.55. The molecule has 2 heterocycles. The Morgan fingerprint density at radius 1 is 0.923 bits per heavy atom. The van der Waals surface area contributed by atoms with Crippen LogP contribution in [0.2, 0.25) is 10.6 Å². The smallest absolute Gasteiger partial charge is 0.198 e. The van der Waals surface area contributed by atoms with Gasteiger partial charge in [0, 0.05) is 0 Å². The number of halogens is 2. The maximum atomic E-state index is 5.55. The fraction of sp³-hybridized carbons (Fsp3) is 0. The minimum Gasteiger partial charge on any atom is -0.198 e. The molecule has 13 heavy (non-hydrogen) atoms. The highest BCUT2D eigenvalue weighted by Crippen LogP contribution is 2.31. The molecular formula is C4Cl2N4S3. The molecule has 2 aromatic rings. The zero-order valence-corrected chi connectivity index (χ0v) is 9.73. The van der Waals surface area contributed by atoms with Gasteiger partial charge in [-0.15, -0.1) is 0 Å². The molecule has 0 fully saturated rings. The van der Waals surface area contributed by atoms with Crippen LogP contribution in [0, 0.1) is 0 Å². The summed E-state index contributed by atoms with van der Waals surface area (Å²) >= 11 is 14.9. The molecule has 0 saturated heterocycles. The summed E-state index contributed by atoms with van der Waals surface area (Å²) in [4.78, 5) is 7.89. The van der Waals surface area contributed by atoms with Crippen molar-refractivity contribution >= 4 is 58.0 Å². The van der Waals surface area contributed by atoms with Crippen molar-refractivity contribution < 1.29 is 0 Å². The predicted octanol–water partition coefficient (Wildman–Crippen LogP) is 2.85. The van der Waals surface area contributed by atoms with Crippen LogP contribution in [0.25, 0.3) is 0 Å². The SMILES string of the molecule is Clc1nsc(Sc2nc(Cl)ns2)n1. The molecule has 2 rings (SSSR count). The van der Waals surface area contributed by atoms with Crippen LogP contribution in [0.15, 0.2) is 8.68 Å². The van der Waals surface area contributed by atoms with Gasteiger partial charge in [-0.2, -0.15) is 18.7 Å². The van der Waals surface area contributed by atoms with E-state index < -0.39 is 0 Å². The normalized spacial score (nSPS) is 10.6. The lowest BCUT2D eigenvalue weighted by Crippen LogP contribution is -1.69. The molecule has 0 N–H and O–H groups in total. The first-order valence-corrected chi connectivity index (χ1v) is 6.02. The molecule has 9 heteroatoms. The van der Waals surface area contributed by atoms with E-state index in [1.807, 2.05) is 0 Å². The van der Waals surface area contributed by atoms with Gasteiger partial charge in [0.1, 0.15) is 0 Å². The van der Waals surface area contributed by atoms with Crippen LogP contribution in [0.3, 0.4) is 0 Å². The Bertz CT molecular complexity index is 375. The second kappa shape index (κ2) is 4.05. The molecule has 0 aliphatic heterocycles. The lowest BCUT2D eigenvalue weighted by atomic mass is 11.3. The van der Waals surface area contributed by atoms with Crippen molar-refractivity contribution in [1.82, 2.24) is 18.7 Å². The summed E-state index contributed by atoms with van der Waals surface area (Å²) in [5, 5.41) is 0.506. The molecule has 0 amide bonds. The largest absolute Gasteiger partial charge is 0.235 e. The Morgan fingerprint density at radius 2 is 1.38 bits per heavy atom. The van der Waals surface area contributed by atoms with Crippen molar-refractivity contribution in [2.24, 2.45) is 0 Å². The van der Waals surface area contributed by atoms with Gasteiger partial charge in [-0.25, -0.2) is 0 Å². The Balaban J connectivity index is 2.14. The number of rotatable bonds is 2. The molecule has 0 aliphatic carbocycles. The molecule has 0 aromatic carbocycles. The third-order valence-electron chi connectivity index (χ3n) is 0.940. The summed E-state index contributed by atoms with van der Waals surface area (Å²) in [5.74, 6) is 0. The van der Waals surface area contributed by atoms with Gasteiger partial charge in [0.2, 0.25) is 10.6 Å². The van der Waals surface area contributed by atoms with E-state index in [4.69, 9.17) is 23.2 Å². The minimum absolute atomic E-state index is 0.253. The van der Waals surface area contributed by atoms with E-state index in [2.05, 4.69) is 18.7 Å². The second-order valence-corrected chi connectivity index (χ2v) is 5.43.